The minimum absolute atomic E-state index is 0.0628. The Morgan fingerprint density at radius 3 is 2.38 bits per heavy atom. The molecule has 4 nitrogen and oxygen atoms in total. The van der Waals surface area contributed by atoms with Crippen molar-refractivity contribution in [1.82, 2.24) is 0 Å². The normalized spacial score (nSPS) is 17.8. The lowest BCUT2D eigenvalue weighted by molar-refractivity contribution is -0.120. The number of hydrogen-bond acceptors (Lipinski definition) is 3. The Kier molecular flexibility index (Phi) is 5.90. The molecule has 0 radical (unpaired) electrons. The van der Waals surface area contributed by atoms with Crippen LogP contribution in [0.3, 0.4) is 0 Å². The molecular formula is C8H18N2O2S. The molecule has 3 atom stereocenters. The van der Waals surface area contributed by atoms with E-state index in [0.29, 0.717) is 11.5 Å². The van der Waals surface area contributed by atoms with Crippen LogP contribution in [0.5, 0.6) is 0 Å². The molecule has 0 aliphatic carbocycles. The first-order valence-electron chi connectivity index (χ1n) is 4.33. The fraction of sp³-hybridized carbons (Fsp3) is 0.875. The molecule has 0 bridgehead atoms. The van der Waals surface area contributed by atoms with Gasteiger partial charge in [0.05, 0.1) is 0 Å². The van der Waals surface area contributed by atoms with Crippen LogP contribution < -0.4 is 11.5 Å². The summed E-state index contributed by atoms with van der Waals surface area (Å²) in [5.41, 5.74) is 10.5. The van der Waals surface area contributed by atoms with Crippen molar-refractivity contribution in [2.75, 3.05) is 11.5 Å². The fourth-order valence-corrected chi connectivity index (χ4v) is 2.28. The average Bonchev–Trinajstić information content (AvgIpc) is 2.00. The molecule has 0 rings (SSSR count). The van der Waals surface area contributed by atoms with Gasteiger partial charge < -0.3 is 11.5 Å². The van der Waals surface area contributed by atoms with E-state index >= 15 is 0 Å². The highest BCUT2D eigenvalue weighted by Crippen LogP contribution is 1.99. The fourth-order valence-electron chi connectivity index (χ4n) is 0.762. The standard InChI is InChI=1S/C8H18N2O2S/c1-6(8(10)11)5-13(12)4-3-7(2)9/h6-7H,3-5,9H2,1-2H3,(H2,10,11). The van der Waals surface area contributed by atoms with Gasteiger partial charge in [-0.3, -0.25) is 9.00 Å². The van der Waals surface area contributed by atoms with E-state index in [-0.39, 0.29) is 12.0 Å². The van der Waals surface area contributed by atoms with Gasteiger partial charge in [-0.1, -0.05) is 6.92 Å². The maximum Gasteiger partial charge on any atom is 0.221 e. The van der Waals surface area contributed by atoms with E-state index in [0.717, 1.165) is 6.42 Å². The molecular weight excluding hydrogens is 188 g/mol. The van der Waals surface area contributed by atoms with E-state index in [1.807, 2.05) is 6.92 Å². The summed E-state index contributed by atoms with van der Waals surface area (Å²) >= 11 is 0. The lowest BCUT2D eigenvalue weighted by atomic mass is 10.2. The second-order valence-corrected chi connectivity index (χ2v) is 5.00. The van der Waals surface area contributed by atoms with E-state index in [9.17, 15) is 9.00 Å². The summed E-state index contributed by atoms with van der Waals surface area (Å²) in [6.07, 6.45) is 0.720. The molecule has 0 aromatic heterocycles. The molecule has 4 N–H and O–H groups in total. The van der Waals surface area contributed by atoms with Crippen molar-refractivity contribution in [3.8, 4) is 0 Å². The van der Waals surface area contributed by atoms with Crippen molar-refractivity contribution >= 4 is 16.7 Å². The molecule has 3 unspecified atom stereocenters. The van der Waals surface area contributed by atoms with Gasteiger partial charge >= 0.3 is 0 Å². The molecule has 0 saturated heterocycles. The van der Waals surface area contributed by atoms with Gasteiger partial charge in [0.2, 0.25) is 5.91 Å². The lowest BCUT2D eigenvalue weighted by Crippen LogP contribution is -2.27. The number of amides is 1. The molecule has 1 amide bonds. The molecule has 5 heteroatoms. The SMILES string of the molecule is CC(N)CCS(=O)CC(C)C(N)=O. The zero-order chi connectivity index (χ0) is 10.4. The number of nitrogens with two attached hydrogens (primary N) is 2. The highest BCUT2D eigenvalue weighted by atomic mass is 32.2. The van der Waals surface area contributed by atoms with Crippen molar-refractivity contribution in [3.63, 3.8) is 0 Å². The zero-order valence-corrected chi connectivity index (χ0v) is 8.97. The van der Waals surface area contributed by atoms with Gasteiger partial charge in [-0.25, -0.2) is 0 Å². The monoisotopic (exact) mass is 206 g/mol. The predicted octanol–water partition coefficient (Wildman–Crippen LogP) is -0.406. The first-order chi connectivity index (χ1) is 5.93. The van der Waals surface area contributed by atoms with E-state index < -0.39 is 16.7 Å². The van der Waals surface area contributed by atoms with E-state index in [2.05, 4.69) is 0 Å². The zero-order valence-electron chi connectivity index (χ0n) is 8.16. The van der Waals surface area contributed by atoms with Crippen LogP contribution in [-0.2, 0) is 15.6 Å². The van der Waals surface area contributed by atoms with Crippen LogP contribution in [0.4, 0.5) is 0 Å². The number of carbonyl (C=O) groups excluding carboxylic acids is 1. The number of hydrogen-bond donors (Lipinski definition) is 2. The number of primary amides is 1. The Labute approximate surface area is 81.5 Å². The summed E-state index contributed by atoms with van der Waals surface area (Å²) in [4.78, 5) is 10.6. The molecule has 0 fully saturated rings. The first-order valence-corrected chi connectivity index (χ1v) is 5.82. The molecule has 78 valence electrons. The second-order valence-electron chi connectivity index (χ2n) is 3.38. The Balaban J connectivity index is 3.68. The maximum absolute atomic E-state index is 11.3. The van der Waals surface area contributed by atoms with Gasteiger partial charge in [0.1, 0.15) is 0 Å². The Bertz CT molecular complexity index is 195. The number of carbonyl (C=O) groups is 1. The quantitative estimate of drug-likeness (QED) is 0.619. The molecule has 0 aliphatic heterocycles. The minimum Gasteiger partial charge on any atom is -0.369 e. The molecule has 0 saturated carbocycles. The summed E-state index contributed by atoms with van der Waals surface area (Å²) in [6, 6.07) is 0.0628. The minimum atomic E-state index is -0.972. The molecule has 0 heterocycles. The van der Waals surface area contributed by atoms with Gasteiger partial charge in [0, 0.05) is 34.3 Å². The van der Waals surface area contributed by atoms with Crippen molar-refractivity contribution in [2.45, 2.75) is 26.3 Å². The Hall–Kier alpha value is -0.420. The Morgan fingerprint density at radius 2 is 2.00 bits per heavy atom. The summed E-state index contributed by atoms with van der Waals surface area (Å²) < 4.78 is 11.3. The Morgan fingerprint density at radius 1 is 1.46 bits per heavy atom. The van der Waals surface area contributed by atoms with Gasteiger partial charge in [-0.05, 0) is 13.3 Å². The maximum atomic E-state index is 11.3. The van der Waals surface area contributed by atoms with Crippen molar-refractivity contribution in [3.05, 3.63) is 0 Å². The van der Waals surface area contributed by atoms with Crippen LogP contribution in [0.2, 0.25) is 0 Å². The van der Waals surface area contributed by atoms with E-state index in [4.69, 9.17) is 11.5 Å². The van der Waals surface area contributed by atoms with Crippen LogP contribution in [0.1, 0.15) is 20.3 Å². The van der Waals surface area contributed by atoms with Crippen molar-refractivity contribution in [1.29, 1.82) is 0 Å². The average molecular weight is 206 g/mol. The molecule has 0 aliphatic rings. The van der Waals surface area contributed by atoms with Crippen molar-refractivity contribution < 1.29 is 9.00 Å². The lowest BCUT2D eigenvalue weighted by Gasteiger charge is -2.08. The highest BCUT2D eigenvalue weighted by Gasteiger charge is 2.12. The highest BCUT2D eigenvalue weighted by molar-refractivity contribution is 7.85. The van der Waals surface area contributed by atoms with Gasteiger partial charge in [-0.2, -0.15) is 0 Å². The second kappa shape index (κ2) is 6.10. The third-order valence-corrected chi connectivity index (χ3v) is 3.29. The molecule has 0 aromatic rings. The largest absolute Gasteiger partial charge is 0.369 e. The summed E-state index contributed by atoms with van der Waals surface area (Å²) in [6.45, 7) is 3.56. The molecule has 0 spiro atoms. The predicted molar refractivity (Wildman–Crippen MR) is 54.5 cm³/mol. The van der Waals surface area contributed by atoms with Gasteiger partial charge in [0.15, 0.2) is 0 Å². The summed E-state index contributed by atoms with van der Waals surface area (Å²) in [5, 5.41) is 0. The van der Waals surface area contributed by atoms with Gasteiger partial charge in [-0.15, -0.1) is 0 Å². The third-order valence-electron chi connectivity index (χ3n) is 1.72. The topological polar surface area (TPSA) is 86.2 Å². The first kappa shape index (κ1) is 12.6. The van der Waals surface area contributed by atoms with Crippen LogP contribution in [0.25, 0.3) is 0 Å². The smallest absolute Gasteiger partial charge is 0.221 e. The summed E-state index contributed by atoms with van der Waals surface area (Å²) in [5.74, 6) is 0.195. The van der Waals surface area contributed by atoms with Crippen molar-refractivity contribution in [2.24, 2.45) is 17.4 Å². The summed E-state index contributed by atoms with van der Waals surface area (Å²) in [7, 11) is -0.972. The van der Waals surface area contributed by atoms with Crippen LogP contribution >= 0.6 is 0 Å². The van der Waals surface area contributed by atoms with E-state index in [1.165, 1.54) is 0 Å². The third kappa shape index (κ3) is 6.72. The van der Waals surface area contributed by atoms with Crippen LogP contribution in [0, 0.1) is 5.92 Å². The number of rotatable bonds is 6. The van der Waals surface area contributed by atoms with Crippen LogP contribution in [-0.4, -0.2) is 27.7 Å². The molecule has 0 aromatic carbocycles. The van der Waals surface area contributed by atoms with E-state index in [1.54, 1.807) is 6.92 Å². The van der Waals surface area contributed by atoms with Gasteiger partial charge in [0.25, 0.3) is 0 Å². The van der Waals surface area contributed by atoms with Crippen LogP contribution in [0.15, 0.2) is 0 Å². The molecule has 13 heavy (non-hydrogen) atoms.